The Morgan fingerprint density at radius 1 is 1.00 bits per heavy atom. The first-order chi connectivity index (χ1) is 13.5. The normalized spacial score (nSPS) is 17.0. The first kappa shape index (κ1) is 21.5. The number of hydrogen-bond acceptors (Lipinski definition) is 3. The molecular weight excluding hydrogens is 401 g/mol. The molecule has 1 aromatic heterocycles. The fourth-order valence-corrected chi connectivity index (χ4v) is 4.34. The number of hydrogen-bond donors (Lipinski definition) is 1. The minimum absolute atomic E-state index is 0.00760. The van der Waals surface area contributed by atoms with E-state index in [4.69, 9.17) is 5.14 Å². The molecule has 2 N–H and O–H groups in total. The highest BCUT2D eigenvalue weighted by atomic mass is 32.2. The van der Waals surface area contributed by atoms with E-state index < -0.39 is 21.8 Å². The molecule has 0 aliphatic heterocycles. The van der Waals surface area contributed by atoms with Gasteiger partial charge in [-0.2, -0.15) is 13.2 Å². The van der Waals surface area contributed by atoms with Gasteiger partial charge in [0.1, 0.15) is 4.90 Å². The Morgan fingerprint density at radius 2 is 1.59 bits per heavy atom. The summed E-state index contributed by atoms with van der Waals surface area (Å²) in [6.45, 7) is 4.21. The Hall–Kier alpha value is -2.19. The van der Waals surface area contributed by atoms with Crippen LogP contribution in [0, 0.1) is 5.41 Å². The van der Waals surface area contributed by atoms with Crippen LogP contribution in [0.3, 0.4) is 0 Å². The van der Waals surface area contributed by atoms with E-state index in [2.05, 4.69) is 18.8 Å². The molecule has 4 nitrogen and oxygen atoms in total. The van der Waals surface area contributed by atoms with Crippen molar-refractivity contribution < 1.29 is 21.6 Å². The average molecular weight is 424 g/mol. The van der Waals surface area contributed by atoms with E-state index in [-0.39, 0.29) is 10.3 Å². The highest BCUT2D eigenvalue weighted by Gasteiger charge is 2.37. The van der Waals surface area contributed by atoms with Crippen molar-refractivity contribution in [3.63, 3.8) is 0 Å². The molecule has 1 heterocycles. The van der Waals surface area contributed by atoms with Gasteiger partial charge in [-0.15, -0.1) is 0 Å². The zero-order valence-electron chi connectivity index (χ0n) is 16.3. The van der Waals surface area contributed by atoms with Gasteiger partial charge in [-0.25, -0.2) is 13.6 Å². The standard InChI is InChI=1S/C21H23F3N2O2S/c1-3-20(4-2)11-17(14-5-7-15(8-6-14)21(22,23)24)18(12-20)19-10-9-16(13-26-19)29(25,27)28/h5-10,13H,3-4,11-12H2,1-2H3,(H2,25,27,28). The smallest absolute Gasteiger partial charge is 0.255 e. The summed E-state index contributed by atoms with van der Waals surface area (Å²) < 4.78 is 61.8. The molecule has 0 atom stereocenters. The van der Waals surface area contributed by atoms with Crippen molar-refractivity contribution >= 4 is 21.2 Å². The van der Waals surface area contributed by atoms with Crippen LogP contribution in [0.2, 0.25) is 0 Å². The third kappa shape index (κ3) is 4.38. The minimum Gasteiger partial charge on any atom is -0.255 e. The van der Waals surface area contributed by atoms with Crippen LogP contribution in [0.15, 0.2) is 47.5 Å². The predicted molar refractivity (Wildman–Crippen MR) is 106 cm³/mol. The van der Waals surface area contributed by atoms with Gasteiger partial charge in [0.25, 0.3) is 0 Å². The number of allylic oxidation sites excluding steroid dienone is 2. The van der Waals surface area contributed by atoms with E-state index in [9.17, 15) is 21.6 Å². The van der Waals surface area contributed by atoms with Gasteiger partial charge in [0, 0.05) is 6.20 Å². The number of rotatable bonds is 5. The third-order valence-corrected chi connectivity index (χ3v) is 6.80. The summed E-state index contributed by atoms with van der Waals surface area (Å²) in [5.41, 5.74) is 2.57. The largest absolute Gasteiger partial charge is 0.416 e. The van der Waals surface area contributed by atoms with Crippen LogP contribution in [0.5, 0.6) is 0 Å². The molecule has 1 aliphatic rings. The maximum absolute atomic E-state index is 12.9. The van der Waals surface area contributed by atoms with Crippen molar-refractivity contribution in [3.05, 3.63) is 59.4 Å². The molecule has 0 amide bonds. The minimum atomic E-state index is -4.38. The summed E-state index contributed by atoms with van der Waals surface area (Å²) in [5, 5.41) is 5.14. The van der Waals surface area contributed by atoms with Gasteiger partial charge in [0.2, 0.25) is 10.0 Å². The third-order valence-electron chi connectivity index (χ3n) is 5.90. The Balaban J connectivity index is 2.08. The molecule has 1 aliphatic carbocycles. The number of nitrogens with two attached hydrogens (primary N) is 1. The van der Waals surface area contributed by atoms with E-state index in [1.54, 1.807) is 6.07 Å². The molecule has 0 saturated carbocycles. The number of primary sulfonamides is 1. The van der Waals surface area contributed by atoms with Crippen LogP contribution in [0.1, 0.15) is 56.4 Å². The summed E-state index contributed by atoms with van der Waals surface area (Å²) in [6.07, 6.45) is 0.156. The maximum Gasteiger partial charge on any atom is 0.416 e. The quantitative estimate of drug-likeness (QED) is 0.712. The van der Waals surface area contributed by atoms with Gasteiger partial charge in [-0.3, -0.25) is 4.98 Å². The Labute approximate surface area is 168 Å². The molecule has 0 saturated heterocycles. The summed E-state index contributed by atoms with van der Waals surface area (Å²) >= 11 is 0. The van der Waals surface area contributed by atoms with Crippen molar-refractivity contribution in [1.29, 1.82) is 0 Å². The van der Waals surface area contributed by atoms with Crippen molar-refractivity contribution in [2.24, 2.45) is 10.6 Å². The highest BCUT2D eigenvalue weighted by Crippen LogP contribution is 2.53. The fraction of sp³-hybridized carbons (Fsp3) is 0.381. The Bertz CT molecular complexity index is 1020. The van der Waals surface area contributed by atoms with Gasteiger partial charge >= 0.3 is 6.18 Å². The SMILES string of the molecule is CCC1(CC)CC(c2ccc(C(F)(F)F)cc2)=C(c2ccc(S(N)(=O)=O)cn2)C1. The molecule has 8 heteroatoms. The van der Waals surface area contributed by atoms with Crippen LogP contribution in [-0.2, 0) is 16.2 Å². The lowest BCUT2D eigenvalue weighted by Crippen LogP contribution is -2.15. The van der Waals surface area contributed by atoms with Gasteiger partial charge in [0.05, 0.1) is 11.3 Å². The van der Waals surface area contributed by atoms with Crippen molar-refractivity contribution in [1.82, 2.24) is 4.98 Å². The van der Waals surface area contributed by atoms with Gasteiger partial charge in [-0.1, -0.05) is 26.0 Å². The van der Waals surface area contributed by atoms with Crippen molar-refractivity contribution in [2.75, 3.05) is 0 Å². The van der Waals surface area contributed by atoms with Crippen molar-refractivity contribution in [3.8, 4) is 0 Å². The zero-order chi connectivity index (χ0) is 21.4. The molecule has 0 bridgehead atoms. The number of benzene rings is 1. The average Bonchev–Trinajstić information content (AvgIpc) is 3.07. The molecule has 29 heavy (non-hydrogen) atoms. The summed E-state index contributed by atoms with van der Waals surface area (Å²) in [5.74, 6) is 0. The van der Waals surface area contributed by atoms with Crippen LogP contribution in [0.25, 0.3) is 11.1 Å². The second-order valence-electron chi connectivity index (χ2n) is 7.52. The molecule has 0 unspecified atom stereocenters. The first-order valence-corrected chi connectivity index (χ1v) is 10.9. The van der Waals surface area contributed by atoms with E-state index in [0.29, 0.717) is 5.69 Å². The lowest BCUT2D eigenvalue weighted by Gasteiger charge is -2.26. The van der Waals surface area contributed by atoms with Crippen LogP contribution in [0.4, 0.5) is 13.2 Å². The molecule has 0 fully saturated rings. The van der Waals surface area contributed by atoms with Crippen molar-refractivity contribution in [2.45, 2.75) is 50.6 Å². The number of nitrogens with zero attached hydrogens (tertiary/aromatic N) is 1. The molecule has 2 aromatic rings. The predicted octanol–water partition coefficient (Wildman–Crippen LogP) is 5.26. The molecule has 0 spiro atoms. The molecule has 3 rings (SSSR count). The van der Waals surface area contributed by atoms with Gasteiger partial charge in [-0.05, 0) is 72.1 Å². The number of sulfonamides is 1. The van der Waals surface area contributed by atoms with E-state index in [1.165, 1.54) is 24.4 Å². The first-order valence-electron chi connectivity index (χ1n) is 9.38. The molecular formula is C21H23F3N2O2S. The number of aromatic nitrogens is 1. The monoisotopic (exact) mass is 424 g/mol. The van der Waals surface area contributed by atoms with Crippen LogP contribution >= 0.6 is 0 Å². The highest BCUT2D eigenvalue weighted by molar-refractivity contribution is 7.89. The second kappa shape index (κ2) is 7.57. The van der Waals surface area contributed by atoms with Crippen LogP contribution < -0.4 is 5.14 Å². The molecule has 1 aromatic carbocycles. The van der Waals surface area contributed by atoms with E-state index >= 15 is 0 Å². The van der Waals surface area contributed by atoms with Gasteiger partial charge in [0.15, 0.2) is 0 Å². The van der Waals surface area contributed by atoms with E-state index in [0.717, 1.165) is 54.5 Å². The second-order valence-corrected chi connectivity index (χ2v) is 9.08. The summed E-state index contributed by atoms with van der Waals surface area (Å²) in [4.78, 5) is 4.22. The Morgan fingerprint density at radius 3 is 2.03 bits per heavy atom. The topological polar surface area (TPSA) is 73.1 Å². The van der Waals surface area contributed by atoms with E-state index in [1.807, 2.05) is 0 Å². The fourth-order valence-electron chi connectivity index (χ4n) is 3.88. The number of pyridine rings is 1. The van der Waals surface area contributed by atoms with Crippen LogP contribution in [-0.4, -0.2) is 13.4 Å². The maximum atomic E-state index is 12.9. The summed E-state index contributed by atoms with van der Waals surface area (Å²) in [7, 11) is -3.84. The van der Waals surface area contributed by atoms with Gasteiger partial charge < -0.3 is 0 Å². The lowest BCUT2D eigenvalue weighted by molar-refractivity contribution is -0.137. The molecule has 156 valence electrons. The zero-order valence-corrected chi connectivity index (χ0v) is 17.1. The summed E-state index contributed by atoms with van der Waals surface area (Å²) in [6, 6.07) is 8.20. The Kier molecular flexibility index (Phi) is 5.62. The number of halogens is 3. The molecule has 0 radical (unpaired) electrons. The number of alkyl halides is 3. The lowest BCUT2D eigenvalue weighted by atomic mass is 9.78.